The third-order valence-corrected chi connectivity index (χ3v) is 6.37. The van der Waals surface area contributed by atoms with Gasteiger partial charge in [0.15, 0.2) is 0 Å². The van der Waals surface area contributed by atoms with Crippen LogP contribution in [0.25, 0.3) is 11.1 Å². The van der Waals surface area contributed by atoms with Crippen LogP contribution in [0.5, 0.6) is 11.5 Å². The molecule has 0 aliphatic rings. The van der Waals surface area contributed by atoms with E-state index in [1.54, 1.807) is 31.3 Å². The summed E-state index contributed by atoms with van der Waals surface area (Å²) in [6, 6.07) is 7.26. The molecule has 1 amide bonds. The minimum Gasteiger partial charge on any atom is -0.508 e. The second kappa shape index (κ2) is 14.9. The van der Waals surface area contributed by atoms with Crippen LogP contribution < -0.4 is 21.3 Å². The predicted molar refractivity (Wildman–Crippen MR) is 143 cm³/mol. The van der Waals surface area contributed by atoms with Crippen LogP contribution in [-0.4, -0.2) is 86.1 Å². The molecule has 11 nitrogen and oxygen atoms in total. The number of hydrogen-bond acceptors (Lipinski definition) is 9. The SMILES string of the molecule is CNCCC[C@H](NC)C(=O)N[C@@H](Cc1cc(-c2ccc(O)c(C[C@H](NC)C(=O)O)c2)ccc1O)C(=O)OC. The third kappa shape index (κ3) is 8.44. The van der Waals surface area contributed by atoms with E-state index in [9.17, 15) is 29.7 Å². The lowest BCUT2D eigenvalue weighted by Gasteiger charge is -2.22. The standard InChI is InChI=1S/C27H38N4O7/c1-28-11-5-6-20(29-2)25(34)31-22(27(37)38-4)15-19-13-17(8-10-24(19)33)16-7-9-23(32)18(12-16)14-21(30-3)26(35)36/h7-10,12-13,20-22,28-30,32-33H,5-6,11,14-15H2,1-4H3,(H,31,34)(H,35,36)/t20-,21-,22-/m0/s1. The minimum atomic E-state index is -1.04. The van der Waals surface area contributed by atoms with Gasteiger partial charge in [-0.2, -0.15) is 0 Å². The number of phenols is 2. The van der Waals surface area contributed by atoms with Gasteiger partial charge in [0.25, 0.3) is 0 Å². The highest BCUT2D eigenvalue weighted by molar-refractivity contribution is 5.87. The minimum absolute atomic E-state index is 0.0170. The van der Waals surface area contributed by atoms with Gasteiger partial charge in [0.05, 0.1) is 13.2 Å². The lowest BCUT2D eigenvalue weighted by Crippen LogP contribution is -2.50. The van der Waals surface area contributed by atoms with Crippen LogP contribution in [0.3, 0.4) is 0 Å². The average molecular weight is 531 g/mol. The van der Waals surface area contributed by atoms with Crippen LogP contribution in [-0.2, 0) is 32.0 Å². The number of aromatic hydroxyl groups is 2. The van der Waals surface area contributed by atoms with Crippen molar-refractivity contribution in [2.75, 3.05) is 34.8 Å². The third-order valence-electron chi connectivity index (χ3n) is 6.37. The van der Waals surface area contributed by atoms with Crippen molar-refractivity contribution in [1.29, 1.82) is 0 Å². The number of carbonyl (C=O) groups is 3. The molecular formula is C27H38N4O7. The molecule has 0 aliphatic carbocycles. The van der Waals surface area contributed by atoms with E-state index < -0.39 is 30.1 Å². The van der Waals surface area contributed by atoms with Crippen LogP contribution >= 0.6 is 0 Å². The van der Waals surface area contributed by atoms with E-state index in [0.29, 0.717) is 28.7 Å². The normalized spacial score (nSPS) is 13.4. The summed E-state index contributed by atoms with van der Waals surface area (Å²) < 4.78 is 4.90. The maximum Gasteiger partial charge on any atom is 0.328 e. The zero-order valence-corrected chi connectivity index (χ0v) is 22.2. The number of carboxylic acids is 1. The molecule has 0 saturated heterocycles. The topological polar surface area (TPSA) is 169 Å². The van der Waals surface area contributed by atoms with E-state index in [2.05, 4.69) is 21.3 Å². The highest BCUT2D eigenvalue weighted by atomic mass is 16.5. The Kier molecular flexibility index (Phi) is 12.0. The molecule has 0 radical (unpaired) electrons. The Balaban J connectivity index is 2.30. The first kappa shape index (κ1) is 30.6. The van der Waals surface area contributed by atoms with Crippen molar-refractivity contribution < 1.29 is 34.4 Å². The zero-order valence-electron chi connectivity index (χ0n) is 22.2. The Morgan fingerprint density at radius 1 is 0.842 bits per heavy atom. The zero-order chi connectivity index (χ0) is 28.2. The highest BCUT2D eigenvalue weighted by Crippen LogP contribution is 2.30. The van der Waals surface area contributed by atoms with Crippen molar-refractivity contribution in [3.05, 3.63) is 47.5 Å². The van der Waals surface area contributed by atoms with Crippen molar-refractivity contribution >= 4 is 17.8 Å². The van der Waals surface area contributed by atoms with Gasteiger partial charge in [-0.3, -0.25) is 9.59 Å². The lowest BCUT2D eigenvalue weighted by molar-refractivity contribution is -0.145. The smallest absolute Gasteiger partial charge is 0.328 e. The molecular weight excluding hydrogens is 492 g/mol. The van der Waals surface area contributed by atoms with Gasteiger partial charge in [0.2, 0.25) is 5.91 Å². The highest BCUT2D eigenvalue weighted by Gasteiger charge is 2.27. The molecule has 208 valence electrons. The summed E-state index contributed by atoms with van der Waals surface area (Å²) in [6.45, 7) is 0.747. The van der Waals surface area contributed by atoms with Gasteiger partial charge in [-0.25, -0.2) is 4.79 Å². The Hall–Kier alpha value is -3.67. The van der Waals surface area contributed by atoms with E-state index in [1.807, 2.05) is 7.05 Å². The number of amides is 1. The fourth-order valence-electron chi connectivity index (χ4n) is 4.11. The molecule has 2 rings (SSSR count). The van der Waals surface area contributed by atoms with Crippen LogP contribution in [0.4, 0.5) is 0 Å². The second-order valence-corrected chi connectivity index (χ2v) is 8.95. The summed E-state index contributed by atoms with van der Waals surface area (Å²) >= 11 is 0. The maximum atomic E-state index is 12.9. The number of benzene rings is 2. The Morgan fingerprint density at radius 2 is 1.37 bits per heavy atom. The summed E-state index contributed by atoms with van der Waals surface area (Å²) in [5.41, 5.74) is 2.20. The van der Waals surface area contributed by atoms with Crippen LogP contribution in [0.1, 0.15) is 24.0 Å². The summed E-state index contributed by atoms with van der Waals surface area (Å²) in [7, 11) is 6.26. The van der Waals surface area contributed by atoms with E-state index in [0.717, 1.165) is 13.0 Å². The number of likely N-dealkylation sites (N-methyl/N-ethyl adjacent to an activating group) is 2. The average Bonchev–Trinajstić information content (AvgIpc) is 2.90. The van der Waals surface area contributed by atoms with E-state index in [4.69, 9.17) is 4.74 Å². The number of carboxylic acid groups (broad SMARTS) is 1. The summed E-state index contributed by atoms with van der Waals surface area (Å²) in [4.78, 5) is 36.8. The monoisotopic (exact) mass is 530 g/mol. The summed E-state index contributed by atoms with van der Waals surface area (Å²) in [6.07, 6.45) is 1.37. The van der Waals surface area contributed by atoms with Gasteiger partial charge in [0, 0.05) is 12.8 Å². The number of methoxy groups -OCH3 is 1. The van der Waals surface area contributed by atoms with Crippen molar-refractivity contribution in [3.8, 4) is 22.6 Å². The molecule has 38 heavy (non-hydrogen) atoms. The van der Waals surface area contributed by atoms with E-state index >= 15 is 0 Å². The van der Waals surface area contributed by atoms with Gasteiger partial charge in [-0.1, -0.05) is 12.1 Å². The van der Waals surface area contributed by atoms with E-state index in [-0.39, 0.29) is 30.2 Å². The molecule has 0 saturated carbocycles. The van der Waals surface area contributed by atoms with E-state index in [1.165, 1.54) is 26.3 Å². The van der Waals surface area contributed by atoms with Gasteiger partial charge >= 0.3 is 11.9 Å². The number of aliphatic carboxylic acids is 1. The number of hydrogen-bond donors (Lipinski definition) is 7. The number of esters is 1. The predicted octanol–water partition coefficient (Wildman–Crippen LogP) is 0.768. The summed E-state index contributed by atoms with van der Waals surface area (Å²) in [5.74, 6) is -2.13. The largest absolute Gasteiger partial charge is 0.508 e. The molecule has 0 heterocycles. The van der Waals surface area contributed by atoms with Gasteiger partial charge in [-0.15, -0.1) is 0 Å². The molecule has 0 aliphatic heterocycles. The van der Waals surface area contributed by atoms with Crippen LogP contribution in [0.2, 0.25) is 0 Å². The molecule has 3 atom stereocenters. The Morgan fingerprint density at radius 3 is 1.82 bits per heavy atom. The first-order valence-corrected chi connectivity index (χ1v) is 12.4. The molecule has 11 heteroatoms. The Labute approximate surface area is 222 Å². The van der Waals surface area contributed by atoms with Gasteiger partial charge < -0.3 is 41.3 Å². The maximum absolute atomic E-state index is 12.9. The van der Waals surface area contributed by atoms with Crippen LogP contribution in [0, 0.1) is 0 Å². The quantitative estimate of drug-likeness (QED) is 0.129. The summed E-state index contributed by atoms with van der Waals surface area (Å²) in [5, 5.41) is 41.6. The first-order valence-electron chi connectivity index (χ1n) is 12.4. The lowest BCUT2D eigenvalue weighted by atomic mass is 9.95. The molecule has 7 N–H and O–H groups in total. The molecule has 0 unspecified atom stereocenters. The molecule has 2 aromatic rings. The number of phenolic OH excluding ortho intramolecular Hbond substituents is 2. The van der Waals surface area contributed by atoms with Gasteiger partial charge in [-0.05, 0) is 87.0 Å². The Bertz CT molecular complexity index is 1110. The molecule has 0 bridgehead atoms. The number of nitrogens with one attached hydrogen (secondary N) is 4. The van der Waals surface area contributed by atoms with Crippen molar-refractivity contribution in [1.82, 2.24) is 21.3 Å². The second-order valence-electron chi connectivity index (χ2n) is 8.95. The molecule has 2 aromatic carbocycles. The molecule has 0 aromatic heterocycles. The van der Waals surface area contributed by atoms with Crippen molar-refractivity contribution in [2.45, 2.75) is 43.8 Å². The number of carbonyl (C=O) groups excluding carboxylic acids is 2. The number of rotatable bonds is 15. The fourth-order valence-corrected chi connectivity index (χ4v) is 4.11. The first-order chi connectivity index (χ1) is 18.1. The van der Waals surface area contributed by atoms with Crippen LogP contribution in [0.15, 0.2) is 36.4 Å². The van der Waals surface area contributed by atoms with Crippen molar-refractivity contribution in [2.24, 2.45) is 0 Å². The van der Waals surface area contributed by atoms with Gasteiger partial charge in [0.1, 0.15) is 23.6 Å². The molecule has 0 spiro atoms. The fraction of sp³-hybridized carbons (Fsp3) is 0.444. The molecule has 0 fully saturated rings. The number of ether oxygens (including phenoxy) is 1. The van der Waals surface area contributed by atoms with Crippen molar-refractivity contribution in [3.63, 3.8) is 0 Å².